The molecule has 2 heteroatoms. The maximum atomic E-state index is 4.96. The minimum atomic E-state index is 0.901. The molecule has 0 aliphatic heterocycles. The molecular weight excluding hydrogens is 569 g/mol. The predicted molar refractivity (Wildman–Crippen MR) is 200 cm³/mol. The molecule has 47 heavy (non-hydrogen) atoms. The summed E-state index contributed by atoms with van der Waals surface area (Å²) in [5, 5.41) is 7.72. The number of aromatic nitrogens is 2. The summed E-state index contributed by atoms with van der Waals surface area (Å²) >= 11 is 0. The summed E-state index contributed by atoms with van der Waals surface area (Å²) in [6, 6.07) is 50.9. The molecule has 1 heterocycles. The first-order valence-corrected chi connectivity index (χ1v) is 16.7. The van der Waals surface area contributed by atoms with E-state index in [9.17, 15) is 0 Å². The van der Waals surface area contributed by atoms with E-state index >= 15 is 0 Å². The minimum absolute atomic E-state index is 0.901. The van der Waals surface area contributed by atoms with Crippen LogP contribution in [0.15, 0.2) is 152 Å². The average Bonchev–Trinajstić information content (AvgIpc) is 3.53. The van der Waals surface area contributed by atoms with Crippen LogP contribution in [0, 0.1) is 0 Å². The van der Waals surface area contributed by atoms with Crippen molar-refractivity contribution in [2.24, 2.45) is 0 Å². The number of allylic oxidation sites excluding steroid dienone is 4. The van der Waals surface area contributed by atoms with Gasteiger partial charge in [0.15, 0.2) is 0 Å². The van der Waals surface area contributed by atoms with Gasteiger partial charge in [-0.25, -0.2) is 4.98 Å². The van der Waals surface area contributed by atoms with Crippen LogP contribution < -0.4 is 0 Å². The fourth-order valence-electron chi connectivity index (χ4n) is 7.64. The van der Waals surface area contributed by atoms with E-state index in [2.05, 4.69) is 163 Å². The van der Waals surface area contributed by atoms with Crippen LogP contribution >= 0.6 is 0 Å². The van der Waals surface area contributed by atoms with E-state index in [0.717, 1.165) is 30.6 Å². The van der Waals surface area contributed by atoms with Gasteiger partial charge >= 0.3 is 0 Å². The molecule has 1 aliphatic carbocycles. The topological polar surface area (TPSA) is 17.8 Å². The van der Waals surface area contributed by atoms with Gasteiger partial charge in [-0.2, -0.15) is 0 Å². The van der Waals surface area contributed by atoms with Crippen LogP contribution in [0.25, 0.3) is 76.9 Å². The Hall–Kier alpha value is -5.73. The van der Waals surface area contributed by atoms with Crippen molar-refractivity contribution in [3.63, 3.8) is 0 Å². The Morgan fingerprint density at radius 1 is 0.532 bits per heavy atom. The monoisotopic (exact) mass is 602 g/mol. The molecule has 224 valence electrons. The van der Waals surface area contributed by atoms with E-state index < -0.39 is 0 Å². The first-order chi connectivity index (χ1) is 23.3. The number of imidazole rings is 1. The van der Waals surface area contributed by atoms with Crippen molar-refractivity contribution in [3.8, 4) is 22.3 Å². The second-order valence-corrected chi connectivity index (χ2v) is 12.5. The molecule has 0 spiro atoms. The molecule has 0 bridgehead atoms. The Morgan fingerprint density at radius 2 is 1.23 bits per heavy atom. The van der Waals surface area contributed by atoms with Crippen molar-refractivity contribution in [1.82, 2.24) is 9.55 Å². The summed E-state index contributed by atoms with van der Waals surface area (Å²) in [5.41, 5.74) is 11.3. The summed E-state index contributed by atoms with van der Waals surface area (Å²) in [6.45, 7) is 2.20. The Labute approximate surface area is 275 Å². The van der Waals surface area contributed by atoms with E-state index in [0.29, 0.717) is 0 Å². The number of fused-ring (bicyclic) bond motifs is 4. The molecule has 0 saturated carbocycles. The number of rotatable bonds is 5. The largest absolute Gasteiger partial charge is 0.300 e. The van der Waals surface area contributed by atoms with Gasteiger partial charge in [0.2, 0.25) is 0 Å². The predicted octanol–water partition coefficient (Wildman–Crippen LogP) is 12.1. The number of nitrogens with zero attached hydrogens (tertiary/aromatic N) is 2. The SMILES string of the molecule is CCc1nc2ccccc2n1C1=CC=C(c2c3ccccc3c(-c3ccc4ccccc4c3)c3cc(-c4ccccc4)ccc23)CC1. The average molecular weight is 603 g/mol. The summed E-state index contributed by atoms with van der Waals surface area (Å²) < 4.78 is 2.38. The molecule has 9 rings (SSSR count). The van der Waals surface area contributed by atoms with Gasteiger partial charge in [0.1, 0.15) is 5.82 Å². The van der Waals surface area contributed by atoms with E-state index in [-0.39, 0.29) is 0 Å². The van der Waals surface area contributed by atoms with Gasteiger partial charge in [-0.3, -0.25) is 0 Å². The Bertz CT molecular complexity index is 2550. The second kappa shape index (κ2) is 11.3. The second-order valence-electron chi connectivity index (χ2n) is 12.5. The van der Waals surface area contributed by atoms with Crippen LogP contribution in [0.1, 0.15) is 31.2 Å². The number of para-hydroxylation sites is 2. The van der Waals surface area contributed by atoms with Crippen LogP contribution in [0.2, 0.25) is 0 Å². The van der Waals surface area contributed by atoms with Gasteiger partial charge in [-0.1, -0.05) is 128 Å². The molecule has 0 saturated heterocycles. The van der Waals surface area contributed by atoms with Crippen molar-refractivity contribution in [3.05, 3.63) is 163 Å². The fraction of sp³-hybridized carbons (Fsp3) is 0.0889. The number of hydrogen-bond acceptors (Lipinski definition) is 1. The van der Waals surface area contributed by atoms with Gasteiger partial charge in [0.25, 0.3) is 0 Å². The summed E-state index contributed by atoms with van der Waals surface area (Å²) in [4.78, 5) is 4.96. The lowest BCUT2D eigenvalue weighted by Gasteiger charge is -2.23. The molecule has 0 unspecified atom stereocenters. The lowest BCUT2D eigenvalue weighted by molar-refractivity contribution is 0.877. The Balaban J connectivity index is 1.30. The van der Waals surface area contributed by atoms with Crippen LogP contribution in [-0.2, 0) is 6.42 Å². The first-order valence-electron chi connectivity index (χ1n) is 16.7. The summed E-state index contributed by atoms with van der Waals surface area (Å²) in [5.74, 6) is 1.12. The third kappa shape index (κ3) is 4.60. The molecule has 2 nitrogen and oxygen atoms in total. The van der Waals surface area contributed by atoms with Crippen molar-refractivity contribution >= 4 is 54.6 Å². The highest BCUT2D eigenvalue weighted by Gasteiger charge is 2.21. The maximum absolute atomic E-state index is 4.96. The Morgan fingerprint density at radius 3 is 2.04 bits per heavy atom. The van der Waals surface area contributed by atoms with Crippen molar-refractivity contribution in [2.45, 2.75) is 26.2 Å². The molecule has 0 amide bonds. The number of aryl methyl sites for hydroxylation is 1. The third-order valence-corrected chi connectivity index (χ3v) is 9.85. The Kier molecular flexibility index (Phi) is 6.60. The van der Waals surface area contributed by atoms with Gasteiger partial charge in [0.05, 0.1) is 11.0 Å². The van der Waals surface area contributed by atoms with Crippen molar-refractivity contribution in [2.75, 3.05) is 0 Å². The van der Waals surface area contributed by atoms with Crippen LogP contribution in [0.5, 0.6) is 0 Å². The van der Waals surface area contributed by atoms with Crippen molar-refractivity contribution < 1.29 is 0 Å². The lowest BCUT2D eigenvalue weighted by Crippen LogP contribution is -2.05. The lowest BCUT2D eigenvalue weighted by atomic mass is 9.82. The summed E-state index contributed by atoms with van der Waals surface area (Å²) in [7, 11) is 0. The molecule has 0 atom stereocenters. The first kappa shape index (κ1) is 27.6. The zero-order valence-electron chi connectivity index (χ0n) is 26.4. The number of hydrogen-bond donors (Lipinski definition) is 0. The molecule has 0 radical (unpaired) electrons. The van der Waals surface area contributed by atoms with Gasteiger partial charge in [-0.05, 0) is 109 Å². The zero-order valence-corrected chi connectivity index (χ0v) is 26.4. The van der Waals surface area contributed by atoms with E-state index in [4.69, 9.17) is 4.98 Å². The van der Waals surface area contributed by atoms with Crippen molar-refractivity contribution in [1.29, 1.82) is 0 Å². The van der Waals surface area contributed by atoms with Gasteiger partial charge in [0, 0.05) is 12.1 Å². The van der Waals surface area contributed by atoms with E-state index in [1.54, 1.807) is 0 Å². The highest BCUT2D eigenvalue weighted by atomic mass is 15.1. The minimum Gasteiger partial charge on any atom is -0.300 e. The zero-order chi connectivity index (χ0) is 31.3. The van der Waals surface area contributed by atoms with Gasteiger partial charge in [-0.15, -0.1) is 0 Å². The molecule has 1 aromatic heterocycles. The fourth-order valence-corrected chi connectivity index (χ4v) is 7.64. The molecule has 7 aromatic carbocycles. The van der Waals surface area contributed by atoms with Crippen LogP contribution in [-0.4, -0.2) is 9.55 Å². The third-order valence-electron chi connectivity index (χ3n) is 9.85. The number of benzene rings is 7. The normalized spacial score (nSPS) is 13.4. The quantitative estimate of drug-likeness (QED) is 0.179. The molecule has 8 aromatic rings. The molecule has 1 aliphatic rings. The standard InChI is InChI=1S/C45H34N2/c1-2-43-46-41-18-10-11-19-42(41)47(43)36-25-22-32(23-26-36)44-37-16-8-9-17-38(37)45(35-21-20-31-14-6-7-15-33(31)28-35)40-29-34(24-27-39(40)44)30-12-4-3-5-13-30/h3-22,24-25,27-29H,2,23,26H2,1H3. The highest BCUT2D eigenvalue weighted by Crippen LogP contribution is 2.45. The summed E-state index contributed by atoms with van der Waals surface area (Å²) in [6.07, 6.45) is 7.54. The van der Waals surface area contributed by atoms with E-state index in [1.165, 1.54) is 76.9 Å². The smallest absolute Gasteiger partial charge is 0.113 e. The van der Waals surface area contributed by atoms with Crippen LogP contribution in [0.3, 0.4) is 0 Å². The van der Waals surface area contributed by atoms with Crippen LogP contribution in [0.4, 0.5) is 0 Å². The van der Waals surface area contributed by atoms with E-state index in [1.807, 2.05) is 0 Å². The van der Waals surface area contributed by atoms with Gasteiger partial charge < -0.3 is 4.57 Å². The molecule has 0 N–H and O–H groups in total. The molecular formula is C45H34N2. The molecule has 0 fully saturated rings. The highest BCUT2D eigenvalue weighted by molar-refractivity contribution is 6.20. The maximum Gasteiger partial charge on any atom is 0.113 e.